The highest BCUT2D eigenvalue weighted by molar-refractivity contribution is 5.85. The highest BCUT2D eigenvalue weighted by Crippen LogP contribution is 2.27. The van der Waals surface area contributed by atoms with Gasteiger partial charge in [0, 0.05) is 19.1 Å². The minimum Gasteiger partial charge on any atom is -0.390 e. The molecule has 3 N–H and O–H groups in total. The Morgan fingerprint density at radius 2 is 1.60 bits per heavy atom. The van der Waals surface area contributed by atoms with E-state index in [9.17, 15) is 5.11 Å². The molecule has 2 aromatic rings. The fourth-order valence-electron chi connectivity index (χ4n) is 3.42. The van der Waals surface area contributed by atoms with Crippen molar-refractivity contribution in [1.82, 2.24) is 4.90 Å². The summed E-state index contributed by atoms with van der Waals surface area (Å²) in [4.78, 5) is 2.34. The molecule has 0 spiro atoms. The van der Waals surface area contributed by atoms with Crippen molar-refractivity contribution in [3.63, 3.8) is 0 Å². The zero-order chi connectivity index (χ0) is 16.1. The monoisotopic (exact) mass is 382 g/mol. The summed E-state index contributed by atoms with van der Waals surface area (Å²) < 4.78 is 0. The number of nitrogens with zero attached hydrogens (tertiary/aromatic N) is 1. The predicted molar refractivity (Wildman–Crippen MR) is 109 cm³/mol. The first-order valence-electron chi connectivity index (χ1n) is 8.47. The van der Waals surface area contributed by atoms with Crippen molar-refractivity contribution in [2.75, 3.05) is 19.6 Å². The first kappa shape index (κ1) is 21.9. The molecule has 1 aliphatic rings. The summed E-state index contributed by atoms with van der Waals surface area (Å²) in [5, 5.41) is 10.4. The second-order valence-electron chi connectivity index (χ2n) is 6.58. The van der Waals surface area contributed by atoms with Gasteiger partial charge in [-0.3, -0.25) is 0 Å². The summed E-state index contributed by atoms with van der Waals surface area (Å²) in [5.74, 6) is 0.578. The van der Waals surface area contributed by atoms with Gasteiger partial charge in [-0.2, -0.15) is 0 Å². The van der Waals surface area contributed by atoms with Crippen LogP contribution in [-0.4, -0.2) is 41.8 Å². The molecule has 25 heavy (non-hydrogen) atoms. The third kappa shape index (κ3) is 6.28. The topological polar surface area (TPSA) is 49.5 Å². The van der Waals surface area contributed by atoms with Gasteiger partial charge in [0.05, 0.1) is 6.10 Å². The normalized spacial score (nSPS) is 19.5. The minimum atomic E-state index is -0.482. The van der Waals surface area contributed by atoms with Crippen LogP contribution in [0.4, 0.5) is 0 Å². The van der Waals surface area contributed by atoms with E-state index in [1.807, 2.05) is 18.2 Å². The minimum absolute atomic E-state index is 0. The molecule has 1 saturated heterocycles. The lowest BCUT2D eigenvalue weighted by Crippen LogP contribution is -2.44. The summed E-state index contributed by atoms with van der Waals surface area (Å²) in [6, 6.07) is 20.6. The largest absolute Gasteiger partial charge is 0.390 e. The predicted octanol–water partition coefficient (Wildman–Crippen LogP) is 3.25. The Balaban J connectivity index is 0.00000156. The number of halogens is 2. The van der Waals surface area contributed by atoms with E-state index in [-0.39, 0.29) is 30.9 Å². The van der Waals surface area contributed by atoms with Crippen LogP contribution in [0.2, 0.25) is 0 Å². The molecule has 0 amide bonds. The number of benzene rings is 2. The Kier molecular flexibility index (Phi) is 9.47. The SMILES string of the molecule is Cl.Cl.N[C@H](Cc1ccccc1)[C@@H](O)CN1CC[C@H](c2ccccc2)C1. The van der Waals surface area contributed by atoms with Gasteiger partial charge in [0.15, 0.2) is 0 Å². The van der Waals surface area contributed by atoms with Crippen LogP contribution in [0.1, 0.15) is 23.5 Å². The second kappa shape index (κ2) is 10.8. The summed E-state index contributed by atoms with van der Waals surface area (Å²) in [6.07, 6.45) is 1.40. The molecular formula is C20H28Cl2N2O. The van der Waals surface area contributed by atoms with Gasteiger partial charge < -0.3 is 15.7 Å². The Morgan fingerprint density at radius 1 is 1.00 bits per heavy atom. The van der Waals surface area contributed by atoms with Crippen LogP contribution in [0.5, 0.6) is 0 Å². The zero-order valence-corrected chi connectivity index (χ0v) is 16.0. The second-order valence-corrected chi connectivity index (χ2v) is 6.58. The Bertz CT molecular complexity index is 597. The molecule has 0 radical (unpaired) electrons. The molecule has 0 unspecified atom stereocenters. The van der Waals surface area contributed by atoms with E-state index in [0.29, 0.717) is 12.5 Å². The van der Waals surface area contributed by atoms with Crippen molar-refractivity contribution in [2.45, 2.75) is 30.9 Å². The number of β-amino-alcohol motifs (C(OH)–C–C–N with tert-alkyl or cyclic N) is 1. The number of aliphatic hydroxyl groups is 1. The summed E-state index contributed by atoms with van der Waals surface area (Å²) in [7, 11) is 0. The van der Waals surface area contributed by atoms with Crippen LogP contribution in [-0.2, 0) is 6.42 Å². The van der Waals surface area contributed by atoms with Gasteiger partial charge in [0.2, 0.25) is 0 Å². The molecule has 3 atom stereocenters. The van der Waals surface area contributed by atoms with Gasteiger partial charge in [-0.1, -0.05) is 60.7 Å². The van der Waals surface area contributed by atoms with E-state index in [0.717, 1.165) is 25.9 Å². The number of nitrogens with two attached hydrogens (primary N) is 1. The summed E-state index contributed by atoms with van der Waals surface area (Å²) >= 11 is 0. The average molecular weight is 383 g/mol. The van der Waals surface area contributed by atoms with Crippen LogP contribution < -0.4 is 5.73 Å². The lowest BCUT2D eigenvalue weighted by Gasteiger charge is -2.24. The fourth-order valence-corrected chi connectivity index (χ4v) is 3.42. The molecule has 0 saturated carbocycles. The van der Waals surface area contributed by atoms with E-state index in [2.05, 4.69) is 47.4 Å². The molecule has 5 heteroatoms. The van der Waals surface area contributed by atoms with Crippen molar-refractivity contribution >= 4 is 24.8 Å². The molecule has 3 rings (SSSR count). The number of aliphatic hydroxyl groups excluding tert-OH is 1. The van der Waals surface area contributed by atoms with E-state index >= 15 is 0 Å². The molecule has 138 valence electrons. The van der Waals surface area contributed by atoms with Crippen LogP contribution in [0.3, 0.4) is 0 Å². The third-order valence-electron chi connectivity index (χ3n) is 4.80. The molecule has 1 aliphatic heterocycles. The van der Waals surface area contributed by atoms with Crippen molar-refractivity contribution < 1.29 is 5.11 Å². The molecule has 1 heterocycles. The first-order valence-corrected chi connectivity index (χ1v) is 8.47. The molecule has 0 aromatic heterocycles. The molecule has 0 aliphatic carbocycles. The van der Waals surface area contributed by atoms with Crippen molar-refractivity contribution in [3.8, 4) is 0 Å². The van der Waals surface area contributed by atoms with Crippen LogP contribution in [0, 0.1) is 0 Å². The van der Waals surface area contributed by atoms with Crippen molar-refractivity contribution in [3.05, 3.63) is 71.8 Å². The maximum Gasteiger partial charge on any atom is 0.0820 e. The average Bonchev–Trinajstić information content (AvgIpc) is 3.05. The molecule has 3 nitrogen and oxygen atoms in total. The summed E-state index contributed by atoms with van der Waals surface area (Å²) in [5.41, 5.74) is 8.78. The quantitative estimate of drug-likeness (QED) is 0.805. The Hall–Kier alpha value is -1.10. The third-order valence-corrected chi connectivity index (χ3v) is 4.80. The van der Waals surface area contributed by atoms with E-state index in [4.69, 9.17) is 5.73 Å². The number of hydrogen-bond donors (Lipinski definition) is 2. The van der Waals surface area contributed by atoms with Crippen molar-refractivity contribution in [1.29, 1.82) is 0 Å². The number of rotatable bonds is 6. The van der Waals surface area contributed by atoms with Gasteiger partial charge in [-0.05, 0) is 36.4 Å². The molecule has 1 fully saturated rings. The maximum atomic E-state index is 10.4. The standard InChI is InChI=1S/C20H26N2O.2ClH/c21-19(13-16-7-3-1-4-8-16)20(23)15-22-12-11-18(14-22)17-9-5-2-6-10-17;;/h1-10,18-20,23H,11-15,21H2;2*1H/t18-,19+,20-;;/m0../s1. The van der Waals surface area contributed by atoms with E-state index < -0.39 is 6.10 Å². The Morgan fingerprint density at radius 3 is 2.24 bits per heavy atom. The van der Waals surface area contributed by atoms with Crippen LogP contribution in [0.25, 0.3) is 0 Å². The van der Waals surface area contributed by atoms with Gasteiger partial charge in [-0.25, -0.2) is 0 Å². The molecule has 2 aromatic carbocycles. The fraction of sp³-hybridized carbons (Fsp3) is 0.400. The highest BCUT2D eigenvalue weighted by atomic mass is 35.5. The lowest BCUT2D eigenvalue weighted by atomic mass is 9.99. The Labute approximate surface area is 163 Å². The summed E-state index contributed by atoms with van der Waals surface area (Å²) in [6.45, 7) is 2.71. The number of likely N-dealkylation sites (tertiary alicyclic amines) is 1. The molecule has 0 bridgehead atoms. The number of hydrogen-bond acceptors (Lipinski definition) is 3. The van der Waals surface area contributed by atoms with Gasteiger partial charge in [-0.15, -0.1) is 24.8 Å². The zero-order valence-electron chi connectivity index (χ0n) is 14.3. The van der Waals surface area contributed by atoms with Crippen LogP contribution >= 0.6 is 24.8 Å². The van der Waals surface area contributed by atoms with E-state index in [1.54, 1.807) is 0 Å². The first-order chi connectivity index (χ1) is 11.2. The maximum absolute atomic E-state index is 10.4. The lowest BCUT2D eigenvalue weighted by molar-refractivity contribution is 0.101. The highest BCUT2D eigenvalue weighted by Gasteiger charge is 2.26. The molecular weight excluding hydrogens is 355 g/mol. The van der Waals surface area contributed by atoms with Gasteiger partial charge in [0.25, 0.3) is 0 Å². The van der Waals surface area contributed by atoms with Crippen molar-refractivity contribution in [2.24, 2.45) is 5.73 Å². The van der Waals surface area contributed by atoms with Crippen LogP contribution in [0.15, 0.2) is 60.7 Å². The smallest absolute Gasteiger partial charge is 0.0820 e. The van der Waals surface area contributed by atoms with Gasteiger partial charge in [0.1, 0.15) is 0 Å². The van der Waals surface area contributed by atoms with E-state index in [1.165, 1.54) is 11.1 Å². The van der Waals surface area contributed by atoms with Gasteiger partial charge >= 0.3 is 0 Å².